The number of anilines is 1. The summed E-state index contributed by atoms with van der Waals surface area (Å²) in [6.07, 6.45) is 4.26. The topological polar surface area (TPSA) is 37.8 Å². The Morgan fingerprint density at radius 1 is 1.03 bits per heavy atom. The molecular weight excluding hydrogens is 445 g/mol. The third-order valence-corrected chi connectivity index (χ3v) is 5.42. The predicted molar refractivity (Wildman–Crippen MR) is 129 cm³/mol. The highest BCUT2D eigenvalue weighted by atomic mass is 35.5. The molecule has 3 heterocycles. The molecule has 0 radical (unpaired) electrons. The lowest BCUT2D eigenvalue weighted by Crippen LogP contribution is -2.48. The van der Waals surface area contributed by atoms with E-state index in [4.69, 9.17) is 14.5 Å². The van der Waals surface area contributed by atoms with Gasteiger partial charge in [0.05, 0.1) is 25.8 Å². The quantitative estimate of drug-likeness (QED) is 0.599. The van der Waals surface area contributed by atoms with Crippen LogP contribution in [0.2, 0.25) is 0 Å². The Hall–Kier alpha value is -1.24. The molecule has 0 saturated carbocycles. The van der Waals surface area contributed by atoms with Gasteiger partial charge in [-0.05, 0) is 24.1 Å². The average molecular weight is 477 g/mol. The maximum atomic E-state index is 6.24. The van der Waals surface area contributed by atoms with E-state index in [2.05, 4.69) is 47.1 Å². The molecule has 30 heavy (non-hydrogen) atoms. The van der Waals surface area contributed by atoms with Gasteiger partial charge in [0.2, 0.25) is 0 Å². The standard InChI is InChI=1S/C22H29N3O2.3ClH/c1-2-7-19-16-25(22-21(27-19)10-6-11-23-22)20(18-8-4-3-5-9-18)17-24-12-14-26-15-13-24;;;/h3-6,8-11,19-20H,2,7,12-17H2,1H3;3*1H. The molecule has 4 rings (SSSR count). The minimum absolute atomic E-state index is 0. The van der Waals surface area contributed by atoms with Crippen molar-refractivity contribution in [2.24, 2.45) is 0 Å². The van der Waals surface area contributed by atoms with Crippen LogP contribution in [0.5, 0.6) is 5.75 Å². The van der Waals surface area contributed by atoms with Crippen molar-refractivity contribution in [1.29, 1.82) is 0 Å². The predicted octanol–water partition coefficient (Wildman–Crippen LogP) is 4.79. The van der Waals surface area contributed by atoms with Crippen LogP contribution < -0.4 is 9.64 Å². The third kappa shape index (κ3) is 6.38. The fourth-order valence-corrected chi connectivity index (χ4v) is 4.05. The molecule has 0 spiro atoms. The first-order valence-electron chi connectivity index (χ1n) is 10.1. The first-order chi connectivity index (χ1) is 13.3. The number of morpholine rings is 1. The Morgan fingerprint density at radius 2 is 1.77 bits per heavy atom. The van der Waals surface area contributed by atoms with Gasteiger partial charge < -0.3 is 14.4 Å². The van der Waals surface area contributed by atoms with Gasteiger partial charge in [-0.15, -0.1) is 37.2 Å². The Labute approximate surface area is 198 Å². The van der Waals surface area contributed by atoms with Crippen molar-refractivity contribution < 1.29 is 9.47 Å². The first kappa shape index (κ1) is 26.8. The van der Waals surface area contributed by atoms with Crippen LogP contribution in [0.3, 0.4) is 0 Å². The molecule has 2 aliphatic heterocycles. The van der Waals surface area contributed by atoms with Crippen LogP contribution in [0.1, 0.15) is 31.4 Å². The second-order valence-electron chi connectivity index (χ2n) is 7.35. The van der Waals surface area contributed by atoms with Crippen molar-refractivity contribution in [3.63, 3.8) is 0 Å². The largest absolute Gasteiger partial charge is 0.485 e. The van der Waals surface area contributed by atoms with Crippen molar-refractivity contribution in [1.82, 2.24) is 9.88 Å². The van der Waals surface area contributed by atoms with Crippen molar-refractivity contribution in [2.75, 3.05) is 44.3 Å². The Bertz CT molecular complexity index is 733. The summed E-state index contributed by atoms with van der Waals surface area (Å²) in [5.74, 6) is 1.87. The molecule has 1 aromatic carbocycles. The number of rotatable bonds is 6. The maximum absolute atomic E-state index is 6.24. The SMILES string of the molecule is CCCC1CN(C(CN2CCOCC2)c2ccccc2)c2ncccc2O1.Cl.Cl.Cl. The molecule has 168 valence electrons. The zero-order chi connectivity index (χ0) is 18.5. The summed E-state index contributed by atoms with van der Waals surface area (Å²) in [6, 6.07) is 15.1. The zero-order valence-corrected chi connectivity index (χ0v) is 19.8. The molecule has 0 amide bonds. The molecule has 2 unspecified atom stereocenters. The molecule has 1 aromatic heterocycles. The summed E-state index contributed by atoms with van der Waals surface area (Å²) in [6.45, 7) is 7.68. The van der Waals surface area contributed by atoms with Crippen LogP contribution in [0.4, 0.5) is 5.82 Å². The molecule has 2 aliphatic rings. The van der Waals surface area contributed by atoms with E-state index in [0.29, 0.717) is 0 Å². The summed E-state index contributed by atoms with van der Waals surface area (Å²) in [5.41, 5.74) is 1.33. The highest BCUT2D eigenvalue weighted by Gasteiger charge is 2.33. The second-order valence-corrected chi connectivity index (χ2v) is 7.35. The van der Waals surface area contributed by atoms with Crippen molar-refractivity contribution in [2.45, 2.75) is 31.9 Å². The summed E-state index contributed by atoms with van der Waals surface area (Å²) >= 11 is 0. The zero-order valence-electron chi connectivity index (χ0n) is 17.3. The summed E-state index contributed by atoms with van der Waals surface area (Å²) < 4.78 is 11.8. The van der Waals surface area contributed by atoms with Gasteiger partial charge in [-0.2, -0.15) is 0 Å². The van der Waals surface area contributed by atoms with Gasteiger partial charge in [0.15, 0.2) is 11.6 Å². The van der Waals surface area contributed by atoms with Crippen LogP contribution in [-0.4, -0.2) is 55.4 Å². The smallest absolute Gasteiger partial charge is 0.172 e. The summed E-state index contributed by atoms with van der Waals surface area (Å²) in [5, 5.41) is 0. The van der Waals surface area contributed by atoms with Gasteiger partial charge >= 0.3 is 0 Å². The van der Waals surface area contributed by atoms with Gasteiger partial charge in [0.25, 0.3) is 0 Å². The molecule has 0 N–H and O–H groups in total. The van der Waals surface area contributed by atoms with Crippen LogP contribution in [0, 0.1) is 0 Å². The first-order valence-corrected chi connectivity index (χ1v) is 10.1. The normalized spacial score (nSPS) is 19.2. The maximum Gasteiger partial charge on any atom is 0.172 e. The number of fused-ring (bicyclic) bond motifs is 1. The van der Waals surface area contributed by atoms with Crippen LogP contribution in [-0.2, 0) is 4.74 Å². The minimum Gasteiger partial charge on any atom is -0.485 e. The number of pyridine rings is 1. The lowest BCUT2D eigenvalue weighted by Gasteiger charge is -2.42. The van der Waals surface area contributed by atoms with E-state index in [1.165, 1.54) is 5.56 Å². The number of aromatic nitrogens is 1. The number of halogens is 3. The molecule has 8 heteroatoms. The van der Waals surface area contributed by atoms with Gasteiger partial charge in [-0.3, -0.25) is 4.90 Å². The number of benzene rings is 1. The van der Waals surface area contributed by atoms with Gasteiger partial charge in [0, 0.05) is 25.8 Å². The minimum atomic E-state index is 0. The summed E-state index contributed by atoms with van der Waals surface area (Å²) in [7, 11) is 0. The number of ether oxygens (including phenoxy) is 2. The van der Waals surface area contributed by atoms with Gasteiger partial charge in [-0.1, -0.05) is 43.7 Å². The molecule has 5 nitrogen and oxygen atoms in total. The van der Waals surface area contributed by atoms with E-state index >= 15 is 0 Å². The molecule has 0 aliphatic carbocycles. The molecular formula is C22H32Cl3N3O2. The molecule has 2 atom stereocenters. The Balaban J connectivity index is 0.00000150. The third-order valence-electron chi connectivity index (χ3n) is 5.42. The summed E-state index contributed by atoms with van der Waals surface area (Å²) in [4.78, 5) is 9.66. The second kappa shape index (κ2) is 13.2. The van der Waals surface area contributed by atoms with E-state index < -0.39 is 0 Å². The highest BCUT2D eigenvalue weighted by Crippen LogP contribution is 2.37. The number of hydrogen-bond donors (Lipinski definition) is 0. The van der Waals surface area contributed by atoms with E-state index in [9.17, 15) is 0 Å². The lowest BCUT2D eigenvalue weighted by atomic mass is 10.0. The Kier molecular flexibility index (Phi) is 11.8. The number of nitrogens with zero attached hydrogens (tertiary/aromatic N) is 3. The monoisotopic (exact) mass is 475 g/mol. The van der Waals surface area contributed by atoms with E-state index in [1.807, 2.05) is 18.3 Å². The number of hydrogen-bond acceptors (Lipinski definition) is 5. The van der Waals surface area contributed by atoms with Crippen LogP contribution in [0.15, 0.2) is 48.7 Å². The van der Waals surface area contributed by atoms with Crippen LogP contribution in [0.25, 0.3) is 0 Å². The average Bonchev–Trinajstić information content (AvgIpc) is 2.73. The van der Waals surface area contributed by atoms with E-state index in [-0.39, 0.29) is 49.4 Å². The van der Waals surface area contributed by atoms with Crippen molar-refractivity contribution in [3.8, 4) is 5.75 Å². The van der Waals surface area contributed by atoms with E-state index in [1.54, 1.807) is 0 Å². The fraction of sp³-hybridized carbons (Fsp3) is 0.500. The van der Waals surface area contributed by atoms with Crippen molar-refractivity contribution in [3.05, 3.63) is 54.2 Å². The fourth-order valence-electron chi connectivity index (χ4n) is 4.05. The Morgan fingerprint density at radius 3 is 2.47 bits per heavy atom. The van der Waals surface area contributed by atoms with Crippen molar-refractivity contribution >= 4 is 43.0 Å². The van der Waals surface area contributed by atoms with Gasteiger partial charge in [-0.25, -0.2) is 4.98 Å². The molecule has 2 aromatic rings. The van der Waals surface area contributed by atoms with E-state index in [0.717, 1.165) is 63.8 Å². The lowest BCUT2D eigenvalue weighted by molar-refractivity contribution is 0.0340. The van der Waals surface area contributed by atoms with Crippen LogP contribution >= 0.6 is 37.2 Å². The molecule has 1 fully saturated rings. The van der Waals surface area contributed by atoms with Gasteiger partial charge in [0.1, 0.15) is 6.10 Å². The molecule has 0 bridgehead atoms. The molecule has 1 saturated heterocycles. The highest BCUT2D eigenvalue weighted by molar-refractivity contribution is 5.86.